The molecule has 2 aromatic carbocycles. The van der Waals surface area contributed by atoms with E-state index in [1.165, 1.54) is 0 Å². The Morgan fingerprint density at radius 3 is 2.43 bits per heavy atom. The van der Waals surface area contributed by atoms with Gasteiger partial charge >= 0.3 is 0 Å². The van der Waals surface area contributed by atoms with Crippen molar-refractivity contribution in [2.24, 2.45) is 0 Å². The van der Waals surface area contributed by atoms with Crippen LogP contribution in [0.25, 0.3) is 5.69 Å². The quantitative estimate of drug-likeness (QED) is 0.667. The summed E-state index contributed by atoms with van der Waals surface area (Å²) in [5, 5.41) is 4.84. The lowest BCUT2D eigenvalue weighted by atomic mass is 10.1. The molecule has 5 heteroatoms. The van der Waals surface area contributed by atoms with E-state index in [-0.39, 0.29) is 0 Å². The molecule has 0 atom stereocenters. The van der Waals surface area contributed by atoms with Crippen LogP contribution >= 0.6 is 11.6 Å². The molecule has 116 valence electrons. The maximum absolute atomic E-state index is 11.4. The van der Waals surface area contributed by atoms with Gasteiger partial charge in [-0.25, -0.2) is 4.68 Å². The number of carbonyl (C=O) groups excluding carboxylic acids is 1. The van der Waals surface area contributed by atoms with Gasteiger partial charge in [0.25, 0.3) is 0 Å². The first-order valence-corrected chi connectivity index (χ1v) is 7.51. The molecule has 0 unspecified atom stereocenters. The molecule has 0 aliphatic heterocycles. The molecule has 0 spiro atoms. The Kier molecular flexibility index (Phi) is 4.44. The molecular formula is C18H15ClN2O2. The molecule has 0 fully saturated rings. The van der Waals surface area contributed by atoms with Crippen LogP contribution in [0.2, 0.25) is 5.15 Å². The Hall–Kier alpha value is -2.59. The molecule has 3 rings (SSSR count). The highest BCUT2D eigenvalue weighted by Gasteiger charge is 2.17. The van der Waals surface area contributed by atoms with Gasteiger partial charge in [-0.1, -0.05) is 41.9 Å². The SMILES string of the molecule is COc1ccc(Cc2nn(-c3ccccc3)c(Cl)c2C=O)cc1. The number of benzene rings is 2. The third kappa shape index (κ3) is 3.12. The Bertz CT molecular complexity index is 811. The van der Waals surface area contributed by atoms with Crippen LogP contribution in [0.4, 0.5) is 0 Å². The van der Waals surface area contributed by atoms with Crippen molar-refractivity contribution in [2.45, 2.75) is 6.42 Å². The molecule has 1 aromatic heterocycles. The minimum absolute atomic E-state index is 0.328. The van der Waals surface area contributed by atoms with Crippen LogP contribution in [-0.2, 0) is 6.42 Å². The average Bonchev–Trinajstić information content (AvgIpc) is 2.92. The van der Waals surface area contributed by atoms with Crippen molar-refractivity contribution < 1.29 is 9.53 Å². The van der Waals surface area contributed by atoms with Crippen LogP contribution in [0.3, 0.4) is 0 Å². The summed E-state index contributed by atoms with van der Waals surface area (Å²) in [6, 6.07) is 17.2. The van der Waals surface area contributed by atoms with E-state index in [1.807, 2.05) is 54.6 Å². The maximum Gasteiger partial charge on any atom is 0.155 e. The summed E-state index contributed by atoms with van der Waals surface area (Å²) in [4.78, 5) is 11.4. The monoisotopic (exact) mass is 326 g/mol. The lowest BCUT2D eigenvalue weighted by molar-refractivity contribution is 0.112. The van der Waals surface area contributed by atoms with Gasteiger partial charge in [-0.2, -0.15) is 5.10 Å². The van der Waals surface area contributed by atoms with Gasteiger partial charge in [0.1, 0.15) is 10.9 Å². The van der Waals surface area contributed by atoms with Gasteiger partial charge in [-0.15, -0.1) is 0 Å². The number of nitrogens with zero attached hydrogens (tertiary/aromatic N) is 2. The number of aldehydes is 1. The number of aromatic nitrogens is 2. The summed E-state index contributed by atoms with van der Waals surface area (Å²) in [7, 11) is 1.63. The number of para-hydroxylation sites is 1. The lowest BCUT2D eigenvalue weighted by Gasteiger charge is -2.03. The molecule has 23 heavy (non-hydrogen) atoms. The third-order valence-corrected chi connectivity index (χ3v) is 3.95. The Morgan fingerprint density at radius 1 is 1.13 bits per heavy atom. The topological polar surface area (TPSA) is 44.1 Å². The number of carbonyl (C=O) groups is 1. The van der Waals surface area contributed by atoms with Gasteiger partial charge in [0.15, 0.2) is 6.29 Å². The standard InChI is InChI=1S/C18H15ClN2O2/c1-23-15-9-7-13(8-10-15)11-17-16(12-22)18(19)21(20-17)14-5-3-2-4-6-14/h2-10,12H,11H2,1H3. The Labute approximate surface area is 139 Å². The minimum atomic E-state index is 0.328. The molecule has 0 amide bonds. The highest BCUT2D eigenvalue weighted by atomic mass is 35.5. The van der Waals surface area contributed by atoms with Crippen LogP contribution < -0.4 is 4.74 Å². The summed E-state index contributed by atoms with van der Waals surface area (Å²) >= 11 is 6.33. The first-order valence-electron chi connectivity index (χ1n) is 7.14. The predicted octanol–water partition coefficient (Wildman–Crippen LogP) is 3.94. The summed E-state index contributed by atoms with van der Waals surface area (Å²) < 4.78 is 6.74. The van der Waals surface area contributed by atoms with Crippen LogP contribution in [0.1, 0.15) is 21.6 Å². The first-order chi connectivity index (χ1) is 11.2. The number of methoxy groups -OCH3 is 1. The van der Waals surface area contributed by atoms with Crippen molar-refractivity contribution >= 4 is 17.9 Å². The van der Waals surface area contributed by atoms with E-state index in [1.54, 1.807) is 11.8 Å². The fourth-order valence-electron chi connectivity index (χ4n) is 2.38. The molecule has 4 nitrogen and oxygen atoms in total. The highest BCUT2D eigenvalue weighted by Crippen LogP contribution is 2.24. The molecule has 0 aliphatic rings. The van der Waals surface area contributed by atoms with Crippen LogP contribution in [0.15, 0.2) is 54.6 Å². The fraction of sp³-hybridized carbons (Fsp3) is 0.111. The van der Waals surface area contributed by atoms with Gasteiger partial charge in [0, 0.05) is 6.42 Å². The van der Waals surface area contributed by atoms with Crippen LogP contribution in [-0.4, -0.2) is 23.2 Å². The van der Waals surface area contributed by atoms with Crippen molar-refractivity contribution in [1.29, 1.82) is 0 Å². The second-order valence-electron chi connectivity index (χ2n) is 5.04. The van der Waals surface area contributed by atoms with E-state index in [2.05, 4.69) is 5.10 Å². The van der Waals surface area contributed by atoms with E-state index < -0.39 is 0 Å². The lowest BCUT2D eigenvalue weighted by Crippen LogP contribution is -1.97. The fourth-order valence-corrected chi connectivity index (χ4v) is 2.66. The minimum Gasteiger partial charge on any atom is -0.497 e. The van der Waals surface area contributed by atoms with Crippen molar-refractivity contribution in [1.82, 2.24) is 9.78 Å². The van der Waals surface area contributed by atoms with Crippen molar-refractivity contribution in [3.63, 3.8) is 0 Å². The van der Waals surface area contributed by atoms with Gasteiger partial charge in [-0.05, 0) is 29.8 Å². The summed E-state index contributed by atoms with van der Waals surface area (Å²) in [5.74, 6) is 0.789. The second kappa shape index (κ2) is 6.67. The van der Waals surface area contributed by atoms with Gasteiger partial charge in [0.2, 0.25) is 0 Å². The van der Waals surface area contributed by atoms with Gasteiger partial charge < -0.3 is 4.74 Å². The number of hydrogen-bond donors (Lipinski definition) is 0. The number of hydrogen-bond acceptors (Lipinski definition) is 3. The zero-order chi connectivity index (χ0) is 16.2. The number of ether oxygens (including phenoxy) is 1. The van der Waals surface area contributed by atoms with Gasteiger partial charge in [0.05, 0.1) is 24.1 Å². The average molecular weight is 327 g/mol. The predicted molar refractivity (Wildman–Crippen MR) is 89.8 cm³/mol. The molecule has 0 radical (unpaired) electrons. The van der Waals surface area contributed by atoms with E-state index in [0.29, 0.717) is 22.8 Å². The van der Waals surface area contributed by atoms with Crippen molar-refractivity contribution in [3.05, 3.63) is 76.6 Å². The third-order valence-electron chi connectivity index (χ3n) is 3.59. The maximum atomic E-state index is 11.4. The van der Waals surface area contributed by atoms with Crippen LogP contribution in [0.5, 0.6) is 5.75 Å². The van der Waals surface area contributed by atoms with E-state index in [9.17, 15) is 4.79 Å². The molecule has 0 saturated carbocycles. The molecule has 0 saturated heterocycles. The first kappa shape index (κ1) is 15.3. The van der Waals surface area contributed by atoms with E-state index in [0.717, 1.165) is 23.3 Å². The largest absolute Gasteiger partial charge is 0.497 e. The summed E-state index contributed by atoms with van der Waals surface area (Å²) in [6.07, 6.45) is 1.28. The van der Waals surface area contributed by atoms with Crippen LogP contribution in [0, 0.1) is 0 Å². The zero-order valence-corrected chi connectivity index (χ0v) is 13.3. The number of halogens is 1. The van der Waals surface area contributed by atoms with E-state index >= 15 is 0 Å². The summed E-state index contributed by atoms with van der Waals surface area (Å²) in [5.41, 5.74) is 2.93. The zero-order valence-electron chi connectivity index (χ0n) is 12.6. The number of rotatable bonds is 5. The molecule has 3 aromatic rings. The molecule has 0 N–H and O–H groups in total. The van der Waals surface area contributed by atoms with E-state index in [4.69, 9.17) is 16.3 Å². The van der Waals surface area contributed by atoms with Crippen molar-refractivity contribution in [2.75, 3.05) is 7.11 Å². The van der Waals surface area contributed by atoms with Gasteiger partial charge in [-0.3, -0.25) is 4.79 Å². The smallest absolute Gasteiger partial charge is 0.155 e. The molecule has 1 heterocycles. The second-order valence-corrected chi connectivity index (χ2v) is 5.40. The highest BCUT2D eigenvalue weighted by molar-refractivity contribution is 6.32. The molecule has 0 aliphatic carbocycles. The summed E-state index contributed by atoms with van der Waals surface area (Å²) in [6.45, 7) is 0. The molecular weight excluding hydrogens is 312 g/mol. The normalized spacial score (nSPS) is 10.5. The van der Waals surface area contributed by atoms with Crippen molar-refractivity contribution in [3.8, 4) is 11.4 Å². The Balaban J connectivity index is 1.97. The molecule has 0 bridgehead atoms. The Morgan fingerprint density at radius 2 is 1.83 bits per heavy atom.